The van der Waals surface area contributed by atoms with Gasteiger partial charge in [-0.1, -0.05) is 0 Å². The number of fused-ring (bicyclic) bond motifs is 1. The van der Waals surface area contributed by atoms with Gasteiger partial charge in [0.1, 0.15) is 11.4 Å². The van der Waals surface area contributed by atoms with Crippen molar-refractivity contribution in [3.63, 3.8) is 0 Å². The molecule has 2 aliphatic heterocycles. The van der Waals surface area contributed by atoms with Gasteiger partial charge < -0.3 is 46.6 Å². The number of primary amides is 1. The Morgan fingerprint density at radius 2 is 1.68 bits per heavy atom. The van der Waals surface area contributed by atoms with Gasteiger partial charge in [-0.05, 0) is 37.1 Å². The predicted octanol–water partition coefficient (Wildman–Crippen LogP) is 0.0370. The highest BCUT2D eigenvalue weighted by Gasteiger charge is 2.41. The zero-order chi connectivity index (χ0) is 29.1. The molecule has 0 bridgehead atoms. The number of nitrogens with two attached hydrogens (primary N) is 2. The van der Waals surface area contributed by atoms with Crippen molar-refractivity contribution in [1.82, 2.24) is 9.78 Å². The molecule has 3 heterocycles. The molecule has 3 amide bonds. The van der Waals surface area contributed by atoms with Crippen LogP contribution in [0.1, 0.15) is 45.8 Å². The van der Waals surface area contributed by atoms with Gasteiger partial charge in [0.25, 0.3) is 17.7 Å². The maximum Gasteiger partial charge on any atom is 0.277 e. The van der Waals surface area contributed by atoms with E-state index < -0.39 is 58.0 Å². The number of carbonyl (C=O) groups excluding carboxylic acids is 3. The van der Waals surface area contributed by atoms with Crippen molar-refractivity contribution < 1.29 is 44.7 Å². The first-order chi connectivity index (χ1) is 18.9. The molecule has 0 aliphatic carbocycles. The first-order valence-electron chi connectivity index (χ1n) is 12.1. The van der Waals surface area contributed by atoms with Crippen LogP contribution in [0.15, 0.2) is 24.3 Å². The van der Waals surface area contributed by atoms with Gasteiger partial charge in [-0.15, -0.1) is 0 Å². The Morgan fingerprint density at radius 3 is 2.27 bits per heavy atom. The van der Waals surface area contributed by atoms with Crippen molar-refractivity contribution in [3.8, 4) is 28.7 Å². The number of hydrogen-bond acceptors (Lipinski definition) is 11. The number of piperidine rings is 1. The molecule has 1 aromatic heterocycles. The molecular weight excluding hydrogens is 528 g/mol. The van der Waals surface area contributed by atoms with Crippen molar-refractivity contribution in [3.05, 3.63) is 41.2 Å². The number of amides is 3. The molecule has 210 valence electrons. The van der Waals surface area contributed by atoms with E-state index in [9.17, 15) is 39.9 Å². The summed E-state index contributed by atoms with van der Waals surface area (Å²) in [6, 6.07) is 5.90. The molecular formula is C25H26N6O9. The molecule has 15 nitrogen and oxygen atoms in total. The minimum absolute atomic E-state index is 0.0226. The summed E-state index contributed by atoms with van der Waals surface area (Å²) in [6.45, 7) is 0.0811. The van der Waals surface area contributed by atoms with E-state index >= 15 is 0 Å². The van der Waals surface area contributed by atoms with E-state index in [1.165, 1.54) is 29.2 Å². The lowest BCUT2D eigenvalue weighted by atomic mass is 10.0. The molecule has 0 atom stereocenters. The fourth-order valence-electron chi connectivity index (χ4n) is 5.10. The van der Waals surface area contributed by atoms with Crippen LogP contribution < -0.4 is 26.0 Å². The summed E-state index contributed by atoms with van der Waals surface area (Å²) in [4.78, 5) is 40.5. The standard InChI is InChI=1S/C25H26N6O9/c1-40-22-15(26)19(33)18(20(34)21(22)35)31-17-13(16(28-31)23(27)36)8-10-29(24(17)37)11-4-6-12(7-5-11)30-14(32)3-2-9-25(30,38)39/h4-7,33-35,38-39H,2-3,8-10,26H2,1H3,(H2,27,36). The smallest absolute Gasteiger partial charge is 0.277 e. The monoisotopic (exact) mass is 554 g/mol. The van der Waals surface area contributed by atoms with Gasteiger partial charge in [0.05, 0.1) is 7.11 Å². The van der Waals surface area contributed by atoms with E-state index in [1.807, 2.05) is 0 Å². The third kappa shape index (κ3) is 3.90. The maximum absolute atomic E-state index is 13.8. The van der Waals surface area contributed by atoms with E-state index in [0.717, 1.165) is 16.7 Å². The number of phenols is 3. The van der Waals surface area contributed by atoms with Gasteiger partial charge in [0.15, 0.2) is 28.6 Å². The fourth-order valence-corrected chi connectivity index (χ4v) is 5.10. The van der Waals surface area contributed by atoms with Crippen LogP contribution in [0.3, 0.4) is 0 Å². The van der Waals surface area contributed by atoms with Gasteiger partial charge in [-0.3, -0.25) is 19.3 Å². The summed E-state index contributed by atoms with van der Waals surface area (Å²) in [7, 11) is 1.15. The molecule has 9 N–H and O–H groups in total. The third-order valence-corrected chi connectivity index (χ3v) is 6.98. The van der Waals surface area contributed by atoms with Gasteiger partial charge in [0.2, 0.25) is 11.7 Å². The van der Waals surface area contributed by atoms with E-state index in [0.29, 0.717) is 12.1 Å². The lowest BCUT2D eigenvalue weighted by Crippen LogP contribution is -2.55. The van der Waals surface area contributed by atoms with Crippen LogP contribution in [0.2, 0.25) is 0 Å². The molecule has 1 saturated heterocycles. The number of aromatic nitrogens is 2. The molecule has 2 aliphatic rings. The van der Waals surface area contributed by atoms with Crippen molar-refractivity contribution >= 4 is 34.8 Å². The average molecular weight is 555 g/mol. The first kappa shape index (κ1) is 26.6. The Balaban J connectivity index is 1.59. The zero-order valence-corrected chi connectivity index (χ0v) is 21.2. The number of aliphatic hydroxyl groups is 2. The molecule has 0 saturated carbocycles. The van der Waals surface area contributed by atoms with Crippen LogP contribution in [0.25, 0.3) is 5.69 Å². The molecule has 40 heavy (non-hydrogen) atoms. The minimum Gasteiger partial charge on any atom is -0.504 e. The number of methoxy groups -OCH3 is 1. The lowest BCUT2D eigenvalue weighted by molar-refractivity contribution is -0.180. The number of ether oxygens (including phenoxy) is 1. The second kappa shape index (κ2) is 9.32. The Morgan fingerprint density at radius 1 is 1.02 bits per heavy atom. The molecule has 0 radical (unpaired) electrons. The number of benzene rings is 2. The van der Waals surface area contributed by atoms with Gasteiger partial charge >= 0.3 is 0 Å². The first-order valence-corrected chi connectivity index (χ1v) is 12.1. The number of rotatable bonds is 5. The third-order valence-electron chi connectivity index (χ3n) is 6.98. The van der Waals surface area contributed by atoms with Gasteiger partial charge in [0, 0.05) is 36.3 Å². The minimum atomic E-state index is -2.35. The van der Waals surface area contributed by atoms with E-state index in [2.05, 4.69) is 5.10 Å². The zero-order valence-electron chi connectivity index (χ0n) is 21.2. The summed E-state index contributed by atoms with van der Waals surface area (Å²) in [5.74, 6) is -7.41. The number of aromatic hydroxyl groups is 3. The number of carbonyl (C=O) groups is 3. The van der Waals surface area contributed by atoms with Crippen molar-refractivity contribution in [2.24, 2.45) is 5.73 Å². The number of nitrogens with zero attached hydrogens (tertiary/aromatic N) is 4. The van der Waals surface area contributed by atoms with Crippen LogP contribution in [0.5, 0.6) is 23.0 Å². The van der Waals surface area contributed by atoms with Crippen molar-refractivity contribution in [2.75, 3.05) is 29.2 Å². The number of hydrogen-bond donors (Lipinski definition) is 7. The van der Waals surface area contributed by atoms with Crippen LogP contribution in [-0.2, 0) is 11.2 Å². The van der Waals surface area contributed by atoms with Crippen molar-refractivity contribution in [2.45, 2.75) is 31.6 Å². The molecule has 0 spiro atoms. The number of phenolic OH excluding ortho intramolecular Hbond substituents is 3. The Labute approximate surface area is 226 Å². The highest BCUT2D eigenvalue weighted by atomic mass is 16.5. The number of nitrogen functional groups attached to an aromatic ring is 1. The highest BCUT2D eigenvalue weighted by Crippen LogP contribution is 2.51. The van der Waals surface area contributed by atoms with E-state index in [1.54, 1.807) is 0 Å². The summed E-state index contributed by atoms with van der Waals surface area (Å²) < 4.78 is 5.71. The van der Waals surface area contributed by atoms with Gasteiger partial charge in [-0.2, -0.15) is 5.10 Å². The molecule has 1 fully saturated rings. The topological polar surface area (TPSA) is 238 Å². The lowest BCUT2D eigenvalue weighted by Gasteiger charge is -2.38. The molecule has 15 heteroatoms. The Hall–Kier alpha value is -5.02. The molecule has 3 aromatic rings. The second-order valence-corrected chi connectivity index (χ2v) is 9.37. The number of anilines is 3. The highest BCUT2D eigenvalue weighted by molar-refractivity contribution is 6.10. The summed E-state index contributed by atoms with van der Waals surface area (Å²) >= 11 is 0. The van der Waals surface area contributed by atoms with Crippen molar-refractivity contribution in [1.29, 1.82) is 0 Å². The van der Waals surface area contributed by atoms with Crippen LogP contribution in [-0.4, -0.2) is 72.6 Å². The molecule has 0 unspecified atom stereocenters. The second-order valence-electron chi connectivity index (χ2n) is 9.37. The Kier molecular flexibility index (Phi) is 6.19. The Bertz CT molecular complexity index is 1530. The van der Waals surface area contributed by atoms with Crippen LogP contribution in [0.4, 0.5) is 17.1 Å². The van der Waals surface area contributed by atoms with E-state index in [-0.39, 0.29) is 48.4 Å². The van der Waals surface area contributed by atoms with Crippen LogP contribution in [0, 0.1) is 0 Å². The fraction of sp³-hybridized carbons (Fsp3) is 0.280. The normalized spacial score (nSPS) is 16.7. The van der Waals surface area contributed by atoms with Gasteiger partial charge in [-0.25, -0.2) is 4.68 Å². The summed E-state index contributed by atoms with van der Waals surface area (Å²) in [6.07, 6.45) is 0.552. The molecule has 2 aromatic carbocycles. The molecule has 5 rings (SSSR count). The largest absolute Gasteiger partial charge is 0.504 e. The summed E-state index contributed by atoms with van der Waals surface area (Å²) in [5.41, 5.74) is 10.5. The maximum atomic E-state index is 13.8. The van der Waals surface area contributed by atoms with Crippen LogP contribution >= 0.6 is 0 Å². The summed E-state index contributed by atoms with van der Waals surface area (Å²) in [5, 5.41) is 56.5. The predicted molar refractivity (Wildman–Crippen MR) is 138 cm³/mol. The van der Waals surface area contributed by atoms with E-state index in [4.69, 9.17) is 16.2 Å². The SMILES string of the molecule is COc1c(N)c(O)c(-n2nc(C(N)=O)c3c2C(=O)N(c2ccc(N4C(=O)CCCC4(O)O)cc2)CC3)c(O)c1O. The average Bonchev–Trinajstić information content (AvgIpc) is 3.29. The quantitative estimate of drug-likeness (QED) is 0.0961.